The minimum atomic E-state index is -1.06. The molecule has 4 amide bonds. The lowest BCUT2D eigenvalue weighted by Gasteiger charge is -2.36. The Kier molecular flexibility index (Phi) is 3.12. The number of nitrogens with one attached hydrogen (secondary N) is 1. The van der Waals surface area contributed by atoms with Gasteiger partial charge in [-0.15, -0.1) is 0 Å². The van der Waals surface area contributed by atoms with Crippen molar-refractivity contribution in [2.45, 2.75) is 25.7 Å². The number of hydrogen-bond donors (Lipinski definition) is 1. The second kappa shape index (κ2) is 4.70. The zero-order chi connectivity index (χ0) is 14.3. The highest BCUT2D eigenvalue weighted by atomic mass is 79.9. The number of amides is 4. The summed E-state index contributed by atoms with van der Waals surface area (Å²) in [5, 5.41) is 2.32. The maximum absolute atomic E-state index is 12.7. The van der Waals surface area contributed by atoms with Gasteiger partial charge in [-0.3, -0.25) is 14.9 Å². The zero-order valence-electron chi connectivity index (χ0n) is 10.7. The van der Waals surface area contributed by atoms with Crippen molar-refractivity contribution in [3.63, 3.8) is 0 Å². The first-order chi connectivity index (χ1) is 9.54. The van der Waals surface area contributed by atoms with Crippen molar-refractivity contribution < 1.29 is 14.4 Å². The third-order valence-electron chi connectivity index (χ3n) is 3.99. The molecule has 1 aromatic rings. The molecule has 1 saturated carbocycles. The Bertz CT molecular complexity index is 608. The number of carbonyl (C=O) groups is 3. The highest BCUT2D eigenvalue weighted by molar-refractivity contribution is 9.10. The van der Waals surface area contributed by atoms with Crippen molar-refractivity contribution in [2.24, 2.45) is 5.41 Å². The molecular formula is C14H13BrN2O3. The number of hydrogen-bond acceptors (Lipinski definition) is 3. The summed E-state index contributed by atoms with van der Waals surface area (Å²) in [5.74, 6) is -0.849. The van der Waals surface area contributed by atoms with Crippen LogP contribution in [-0.2, 0) is 9.59 Å². The lowest BCUT2D eigenvalue weighted by Crippen LogP contribution is -2.63. The second-order valence-corrected chi connectivity index (χ2v) is 6.08. The summed E-state index contributed by atoms with van der Waals surface area (Å²) in [6.45, 7) is 0. The molecule has 1 saturated heterocycles. The van der Waals surface area contributed by atoms with Crippen LogP contribution in [0.3, 0.4) is 0 Å². The van der Waals surface area contributed by atoms with Crippen LogP contribution in [0.5, 0.6) is 0 Å². The zero-order valence-corrected chi connectivity index (χ0v) is 12.3. The molecule has 3 rings (SSSR count). The standard InChI is InChI=1S/C14H13BrN2O3/c15-9-4-3-5-10(8-9)17-12(19)14(6-1-2-7-14)11(18)16-13(17)20/h3-5,8H,1-2,6-7H2,(H,16,18,20). The molecule has 104 valence electrons. The first-order valence-corrected chi connectivity index (χ1v) is 7.29. The van der Waals surface area contributed by atoms with Gasteiger partial charge < -0.3 is 0 Å². The molecule has 1 aliphatic carbocycles. The smallest absolute Gasteiger partial charge is 0.276 e. The third-order valence-corrected chi connectivity index (χ3v) is 4.49. The molecule has 2 fully saturated rings. The molecule has 0 atom stereocenters. The number of anilines is 1. The van der Waals surface area contributed by atoms with Crippen molar-refractivity contribution in [1.29, 1.82) is 0 Å². The van der Waals surface area contributed by atoms with Gasteiger partial charge in [-0.1, -0.05) is 34.8 Å². The average Bonchev–Trinajstić information content (AvgIpc) is 2.87. The number of nitrogens with zero attached hydrogens (tertiary/aromatic N) is 1. The Morgan fingerprint density at radius 1 is 1.15 bits per heavy atom. The van der Waals surface area contributed by atoms with Gasteiger partial charge in [-0.2, -0.15) is 0 Å². The Morgan fingerprint density at radius 2 is 1.85 bits per heavy atom. The van der Waals surface area contributed by atoms with Gasteiger partial charge in [0.1, 0.15) is 5.41 Å². The van der Waals surface area contributed by atoms with Crippen molar-refractivity contribution in [2.75, 3.05) is 4.90 Å². The van der Waals surface area contributed by atoms with E-state index in [9.17, 15) is 14.4 Å². The molecule has 0 unspecified atom stereocenters. The molecule has 0 aromatic heterocycles. The first-order valence-electron chi connectivity index (χ1n) is 6.50. The number of halogens is 1. The monoisotopic (exact) mass is 336 g/mol. The SMILES string of the molecule is O=C1NC(=O)C2(CCCC2)C(=O)N1c1cccc(Br)c1. The summed E-state index contributed by atoms with van der Waals surface area (Å²) in [4.78, 5) is 37.9. The predicted octanol–water partition coefficient (Wildman–Crippen LogP) is 2.59. The van der Waals surface area contributed by atoms with Gasteiger partial charge in [0, 0.05) is 4.47 Å². The summed E-state index contributed by atoms with van der Waals surface area (Å²) in [7, 11) is 0. The average molecular weight is 337 g/mol. The Morgan fingerprint density at radius 3 is 2.50 bits per heavy atom. The van der Waals surface area contributed by atoms with Crippen LogP contribution in [-0.4, -0.2) is 17.8 Å². The van der Waals surface area contributed by atoms with Gasteiger partial charge in [0.15, 0.2) is 0 Å². The number of imide groups is 2. The quantitative estimate of drug-likeness (QED) is 0.801. The second-order valence-electron chi connectivity index (χ2n) is 5.17. The van der Waals surface area contributed by atoms with Crippen molar-refractivity contribution in [3.8, 4) is 0 Å². The van der Waals surface area contributed by atoms with Crippen molar-refractivity contribution in [3.05, 3.63) is 28.7 Å². The van der Waals surface area contributed by atoms with Crippen LogP contribution < -0.4 is 10.2 Å². The molecule has 20 heavy (non-hydrogen) atoms. The van der Waals surface area contributed by atoms with Crippen LogP contribution in [0.1, 0.15) is 25.7 Å². The molecule has 1 spiro atoms. The van der Waals surface area contributed by atoms with Gasteiger partial charge in [0.05, 0.1) is 5.69 Å². The molecule has 2 aliphatic rings. The highest BCUT2D eigenvalue weighted by Gasteiger charge is 2.55. The summed E-state index contributed by atoms with van der Waals surface area (Å²) in [6.07, 6.45) is 2.68. The number of barbiturate groups is 1. The molecule has 1 aliphatic heterocycles. The molecule has 0 bridgehead atoms. The lowest BCUT2D eigenvalue weighted by molar-refractivity contribution is -0.142. The lowest BCUT2D eigenvalue weighted by atomic mass is 9.82. The van der Waals surface area contributed by atoms with Gasteiger partial charge in [0.25, 0.3) is 5.91 Å². The van der Waals surface area contributed by atoms with Crippen LogP contribution >= 0.6 is 15.9 Å². The van der Waals surface area contributed by atoms with Gasteiger partial charge in [-0.25, -0.2) is 9.69 Å². The Balaban J connectivity index is 2.04. The fraction of sp³-hybridized carbons (Fsp3) is 0.357. The van der Waals surface area contributed by atoms with E-state index in [1.54, 1.807) is 18.2 Å². The maximum atomic E-state index is 12.7. The van der Waals surface area contributed by atoms with Crippen LogP contribution in [0.4, 0.5) is 10.5 Å². The van der Waals surface area contributed by atoms with E-state index >= 15 is 0 Å². The maximum Gasteiger partial charge on any atom is 0.335 e. The van der Waals surface area contributed by atoms with Crippen LogP contribution in [0.25, 0.3) is 0 Å². The van der Waals surface area contributed by atoms with E-state index in [0.717, 1.165) is 22.2 Å². The van der Waals surface area contributed by atoms with Crippen LogP contribution in [0, 0.1) is 5.41 Å². The fourth-order valence-corrected chi connectivity index (χ4v) is 3.33. The minimum Gasteiger partial charge on any atom is -0.276 e. The summed E-state index contributed by atoms with van der Waals surface area (Å²) in [6, 6.07) is 6.26. The van der Waals surface area contributed by atoms with Crippen LogP contribution in [0.15, 0.2) is 28.7 Å². The molecule has 1 N–H and O–H groups in total. The van der Waals surface area contributed by atoms with E-state index < -0.39 is 23.3 Å². The topological polar surface area (TPSA) is 66.5 Å². The van der Waals surface area contributed by atoms with E-state index in [4.69, 9.17) is 0 Å². The number of urea groups is 1. The summed E-state index contributed by atoms with van der Waals surface area (Å²) < 4.78 is 0.771. The molecule has 5 nitrogen and oxygen atoms in total. The van der Waals surface area contributed by atoms with E-state index in [-0.39, 0.29) is 0 Å². The van der Waals surface area contributed by atoms with E-state index in [0.29, 0.717) is 18.5 Å². The van der Waals surface area contributed by atoms with E-state index in [1.807, 2.05) is 6.07 Å². The van der Waals surface area contributed by atoms with E-state index in [1.165, 1.54) is 0 Å². The normalized spacial score (nSPS) is 21.4. The number of benzene rings is 1. The molecule has 1 heterocycles. The van der Waals surface area contributed by atoms with Gasteiger partial charge >= 0.3 is 6.03 Å². The fourth-order valence-electron chi connectivity index (χ4n) is 2.95. The predicted molar refractivity (Wildman–Crippen MR) is 76.1 cm³/mol. The van der Waals surface area contributed by atoms with Crippen LogP contribution in [0.2, 0.25) is 0 Å². The summed E-state index contributed by atoms with van der Waals surface area (Å²) in [5.41, 5.74) is -0.586. The molecular weight excluding hydrogens is 324 g/mol. The van der Waals surface area contributed by atoms with Gasteiger partial charge in [0.2, 0.25) is 5.91 Å². The van der Waals surface area contributed by atoms with E-state index in [2.05, 4.69) is 21.2 Å². The molecule has 1 aromatic carbocycles. The van der Waals surface area contributed by atoms with Gasteiger partial charge in [-0.05, 0) is 31.0 Å². The summed E-state index contributed by atoms with van der Waals surface area (Å²) >= 11 is 3.32. The van der Waals surface area contributed by atoms with Crippen molar-refractivity contribution in [1.82, 2.24) is 5.32 Å². The minimum absolute atomic E-state index is 0.401. The Hall–Kier alpha value is -1.69. The highest BCUT2D eigenvalue weighted by Crippen LogP contribution is 2.42. The third kappa shape index (κ3) is 1.86. The Labute approximate surface area is 124 Å². The number of rotatable bonds is 1. The first kappa shape index (κ1) is 13.3. The molecule has 0 radical (unpaired) electrons. The van der Waals surface area contributed by atoms with Crippen molar-refractivity contribution >= 4 is 39.5 Å². The number of carbonyl (C=O) groups excluding carboxylic acids is 3. The molecule has 6 heteroatoms. The largest absolute Gasteiger partial charge is 0.335 e.